The first-order valence-electron chi connectivity index (χ1n) is 9.23. The van der Waals surface area contributed by atoms with Gasteiger partial charge < -0.3 is 15.0 Å². The number of nitrogens with one attached hydrogen (secondary N) is 1. The van der Waals surface area contributed by atoms with E-state index >= 15 is 0 Å². The van der Waals surface area contributed by atoms with E-state index in [9.17, 15) is 9.18 Å². The van der Waals surface area contributed by atoms with E-state index in [1.807, 2.05) is 4.90 Å². The number of piperazine rings is 1. The minimum Gasteiger partial charge on any atom is -0.496 e. The van der Waals surface area contributed by atoms with Gasteiger partial charge in [-0.2, -0.15) is 0 Å². The van der Waals surface area contributed by atoms with Crippen LogP contribution in [0.4, 0.5) is 10.3 Å². The fraction of sp³-hybridized carbons (Fsp3) is 0.300. The van der Waals surface area contributed by atoms with Crippen molar-refractivity contribution in [2.75, 3.05) is 31.6 Å². The van der Waals surface area contributed by atoms with E-state index < -0.39 is 0 Å². The third-order valence-electron chi connectivity index (χ3n) is 4.98. The summed E-state index contributed by atoms with van der Waals surface area (Å²) in [6.07, 6.45) is 3.04. The third-order valence-corrected chi connectivity index (χ3v) is 4.98. The van der Waals surface area contributed by atoms with Crippen molar-refractivity contribution < 1.29 is 9.13 Å². The molecule has 1 saturated heterocycles. The fourth-order valence-electron chi connectivity index (χ4n) is 3.50. The van der Waals surface area contributed by atoms with Crippen LogP contribution in [0, 0.1) is 5.82 Å². The Bertz CT molecular complexity index is 1070. The van der Waals surface area contributed by atoms with Crippen molar-refractivity contribution in [1.29, 1.82) is 0 Å². The Balaban J connectivity index is 1.68. The minimum absolute atomic E-state index is 0.0982. The molecule has 0 unspecified atom stereocenters. The van der Waals surface area contributed by atoms with Gasteiger partial charge in [0, 0.05) is 50.6 Å². The highest BCUT2D eigenvalue weighted by Crippen LogP contribution is 2.29. The lowest BCUT2D eigenvalue weighted by Gasteiger charge is -2.35. The Morgan fingerprint density at radius 2 is 2.10 bits per heavy atom. The highest BCUT2D eigenvalue weighted by Gasteiger charge is 2.26. The van der Waals surface area contributed by atoms with E-state index in [2.05, 4.69) is 15.3 Å². The van der Waals surface area contributed by atoms with E-state index in [0.717, 1.165) is 5.56 Å². The number of nitrogens with zero attached hydrogens (tertiary/aromatic N) is 5. The second-order valence-electron chi connectivity index (χ2n) is 6.77. The van der Waals surface area contributed by atoms with Gasteiger partial charge in [0.2, 0.25) is 5.95 Å². The van der Waals surface area contributed by atoms with Gasteiger partial charge >= 0.3 is 0 Å². The van der Waals surface area contributed by atoms with Gasteiger partial charge in [-0.25, -0.2) is 19.3 Å². The summed E-state index contributed by atoms with van der Waals surface area (Å²) in [4.78, 5) is 27.4. The van der Waals surface area contributed by atoms with Crippen molar-refractivity contribution in [3.05, 3.63) is 64.6 Å². The van der Waals surface area contributed by atoms with Crippen LogP contribution in [0.3, 0.4) is 0 Å². The summed E-state index contributed by atoms with van der Waals surface area (Å²) < 4.78 is 20.5. The average Bonchev–Trinajstić information content (AvgIpc) is 2.76. The molecule has 2 aromatic heterocycles. The van der Waals surface area contributed by atoms with Crippen LogP contribution in [0.5, 0.6) is 5.75 Å². The molecular formula is C20H21FN6O2. The van der Waals surface area contributed by atoms with Crippen LogP contribution in [-0.4, -0.2) is 46.3 Å². The standard InChI is InChI=1S/C20H21FN6O2/c1-26-19(28)10-16(15-5-6-22-12-24-15)25-20(26)27-8-7-23-17(11-27)14-4-3-13(21)9-18(14)29-2/h3-6,9-10,12,17,23H,7-8,11H2,1-2H3/t17-/m1/s1. The SMILES string of the molecule is COc1cc(F)ccc1[C@H]1CN(c2nc(-c3ccncn3)cc(=O)n2C)CCN1. The summed E-state index contributed by atoms with van der Waals surface area (Å²) in [5, 5.41) is 3.43. The summed E-state index contributed by atoms with van der Waals surface area (Å²) in [5.74, 6) is 0.694. The fourth-order valence-corrected chi connectivity index (χ4v) is 3.50. The second kappa shape index (κ2) is 7.96. The number of benzene rings is 1. The first kappa shape index (κ1) is 19.0. The number of aromatic nitrogens is 4. The van der Waals surface area contributed by atoms with Crippen molar-refractivity contribution in [2.45, 2.75) is 6.04 Å². The van der Waals surface area contributed by atoms with E-state index in [1.54, 1.807) is 25.4 Å². The number of hydrogen-bond acceptors (Lipinski definition) is 7. The summed E-state index contributed by atoms with van der Waals surface area (Å²) in [7, 11) is 3.22. The van der Waals surface area contributed by atoms with Gasteiger partial charge in [-0.3, -0.25) is 9.36 Å². The molecule has 4 rings (SSSR count). The zero-order valence-corrected chi connectivity index (χ0v) is 16.2. The monoisotopic (exact) mass is 396 g/mol. The molecule has 0 radical (unpaired) electrons. The number of anilines is 1. The molecule has 0 spiro atoms. The Hall–Kier alpha value is -3.33. The van der Waals surface area contributed by atoms with Crippen LogP contribution in [0.1, 0.15) is 11.6 Å². The number of methoxy groups -OCH3 is 1. The van der Waals surface area contributed by atoms with Crippen molar-refractivity contribution in [2.24, 2.45) is 7.05 Å². The Morgan fingerprint density at radius 1 is 1.24 bits per heavy atom. The molecule has 1 atom stereocenters. The molecule has 8 nitrogen and oxygen atoms in total. The summed E-state index contributed by atoms with van der Waals surface area (Å²) >= 11 is 0. The van der Waals surface area contributed by atoms with Crippen molar-refractivity contribution in [1.82, 2.24) is 24.8 Å². The minimum atomic E-state index is -0.347. The molecule has 1 aliphatic heterocycles. The predicted octanol–water partition coefficient (Wildman–Crippen LogP) is 1.54. The molecule has 3 heterocycles. The van der Waals surface area contributed by atoms with Gasteiger partial charge in [0.15, 0.2) is 0 Å². The van der Waals surface area contributed by atoms with Gasteiger partial charge in [0.25, 0.3) is 5.56 Å². The molecule has 3 aromatic rings. The summed E-state index contributed by atoms with van der Waals surface area (Å²) in [6, 6.07) is 7.60. The molecule has 9 heteroatoms. The Morgan fingerprint density at radius 3 is 2.86 bits per heavy atom. The lowest BCUT2D eigenvalue weighted by molar-refractivity contribution is 0.387. The van der Waals surface area contributed by atoms with Crippen LogP contribution in [0.25, 0.3) is 11.4 Å². The van der Waals surface area contributed by atoms with Crippen LogP contribution in [0.2, 0.25) is 0 Å². The molecule has 1 aromatic carbocycles. The molecule has 150 valence electrons. The van der Waals surface area contributed by atoms with Crippen LogP contribution < -0.4 is 20.5 Å². The normalized spacial score (nSPS) is 16.7. The zero-order chi connectivity index (χ0) is 20.4. The van der Waals surface area contributed by atoms with Gasteiger partial charge in [0.1, 0.15) is 17.9 Å². The van der Waals surface area contributed by atoms with Crippen LogP contribution in [-0.2, 0) is 7.05 Å². The maximum atomic E-state index is 13.6. The van der Waals surface area contributed by atoms with E-state index in [1.165, 1.54) is 36.2 Å². The van der Waals surface area contributed by atoms with Gasteiger partial charge in [-0.05, 0) is 12.1 Å². The molecule has 0 aliphatic carbocycles. The quantitative estimate of drug-likeness (QED) is 0.716. The third kappa shape index (κ3) is 3.81. The number of ether oxygens (including phenoxy) is 1. The Labute approximate surface area is 167 Å². The lowest BCUT2D eigenvalue weighted by atomic mass is 10.0. The predicted molar refractivity (Wildman–Crippen MR) is 106 cm³/mol. The number of hydrogen-bond donors (Lipinski definition) is 1. The highest BCUT2D eigenvalue weighted by molar-refractivity contribution is 5.55. The molecule has 1 aliphatic rings. The smallest absolute Gasteiger partial charge is 0.255 e. The molecule has 0 bridgehead atoms. The topological polar surface area (TPSA) is 85.2 Å². The zero-order valence-electron chi connectivity index (χ0n) is 16.2. The molecule has 29 heavy (non-hydrogen) atoms. The van der Waals surface area contributed by atoms with E-state index in [0.29, 0.717) is 42.7 Å². The first-order valence-corrected chi connectivity index (χ1v) is 9.23. The highest BCUT2D eigenvalue weighted by atomic mass is 19.1. The van der Waals surface area contributed by atoms with Crippen LogP contribution in [0.15, 0.2) is 47.7 Å². The Kier molecular flexibility index (Phi) is 5.22. The van der Waals surface area contributed by atoms with Crippen molar-refractivity contribution >= 4 is 5.95 Å². The first-order chi connectivity index (χ1) is 14.1. The maximum Gasteiger partial charge on any atom is 0.255 e. The van der Waals surface area contributed by atoms with Gasteiger partial charge in [-0.1, -0.05) is 6.07 Å². The second-order valence-corrected chi connectivity index (χ2v) is 6.77. The lowest BCUT2D eigenvalue weighted by Crippen LogP contribution is -2.47. The molecule has 0 amide bonds. The molecule has 1 N–H and O–H groups in total. The van der Waals surface area contributed by atoms with E-state index in [-0.39, 0.29) is 17.4 Å². The van der Waals surface area contributed by atoms with Gasteiger partial charge in [0.05, 0.1) is 24.5 Å². The number of rotatable bonds is 4. The summed E-state index contributed by atoms with van der Waals surface area (Å²) in [6.45, 7) is 1.90. The van der Waals surface area contributed by atoms with Crippen molar-refractivity contribution in [3.63, 3.8) is 0 Å². The average molecular weight is 396 g/mol. The van der Waals surface area contributed by atoms with Crippen LogP contribution >= 0.6 is 0 Å². The van der Waals surface area contributed by atoms with Gasteiger partial charge in [-0.15, -0.1) is 0 Å². The molecule has 0 saturated carbocycles. The van der Waals surface area contributed by atoms with E-state index in [4.69, 9.17) is 9.72 Å². The largest absolute Gasteiger partial charge is 0.496 e. The van der Waals surface area contributed by atoms with Crippen molar-refractivity contribution in [3.8, 4) is 17.1 Å². The number of halogens is 1. The summed E-state index contributed by atoms with van der Waals surface area (Å²) in [5.41, 5.74) is 1.78. The molecule has 1 fully saturated rings. The maximum absolute atomic E-state index is 13.6. The molecular weight excluding hydrogens is 375 g/mol.